The van der Waals surface area contributed by atoms with Gasteiger partial charge in [0.05, 0.1) is 16.7 Å². The van der Waals surface area contributed by atoms with Gasteiger partial charge in [0.2, 0.25) is 0 Å². The Kier molecular flexibility index (Phi) is 6.99. The first-order valence-electron chi connectivity index (χ1n) is 6.08. The smallest absolute Gasteiger partial charge is 0.120 e. The van der Waals surface area contributed by atoms with Gasteiger partial charge in [-0.2, -0.15) is 0 Å². The molecule has 4 heteroatoms. The first-order chi connectivity index (χ1) is 8.63. The highest BCUT2D eigenvalue weighted by Crippen LogP contribution is 2.26. The molecule has 0 amide bonds. The zero-order valence-electron chi connectivity index (χ0n) is 10.8. The Labute approximate surface area is 119 Å². The van der Waals surface area contributed by atoms with Crippen molar-refractivity contribution in [3.63, 3.8) is 0 Å². The summed E-state index contributed by atoms with van der Waals surface area (Å²) in [6.45, 7) is 5.75. The SMILES string of the molecule is C/C=C(\C)NCCCCOc1ccc(Cl)c(Cl)c1. The van der Waals surface area contributed by atoms with Crippen molar-refractivity contribution >= 4 is 23.2 Å². The van der Waals surface area contributed by atoms with Gasteiger partial charge in [-0.15, -0.1) is 0 Å². The number of ether oxygens (including phenoxy) is 1. The van der Waals surface area contributed by atoms with Gasteiger partial charge in [-0.05, 0) is 38.8 Å². The fraction of sp³-hybridized carbons (Fsp3) is 0.429. The van der Waals surface area contributed by atoms with Gasteiger partial charge >= 0.3 is 0 Å². The van der Waals surface area contributed by atoms with Crippen molar-refractivity contribution in [2.75, 3.05) is 13.2 Å². The third kappa shape index (κ3) is 5.65. The summed E-state index contributed by atoms with van der Waals surface area (Å²) in [5, 5.41) is 4.39. The molecule has 2 nitrogen and oxygen atoms in total. The molecule has 0 heterocycles. The molecule has 0 aliphatic heterocycles. The van der Waals surface area contributed by atoms with Crippen LogP contribution in [0, 0.1) is 0 Å². The normalized spacial score (nSPS) is 11.4. The second-order valence-electron chi connectivity index (χ2n) is 4.03. The molecule has 0 unspecified atom stereocenters. The summed E-state index contributed by atoms with van der Waals surface area (Å²) < 4.78 is 5.59. The summed E-state index contributed by atoms with van der Waals surface area (Å²) in [6, 6.07) is 5.32. The topological polar surface area (TPSA) is 21.3 Å². The summed E-state index contributed by atoms with van der Waals surface area (Å²) in [6.07, 6.45) is 4.14. The monoisotopic (exact) mass is 287 g/mol. The van der Waals surface area contributed by atoms with Gasteiger partial charge < -0.3 is 10.1 Å². The number of rotatable bonds is 7. The van der Waals surface area contributed by atoms with Crippen molar-refractivity contribution in [2.45, 2.75) is 26.7 Å². The molecule has 0 bridgehead atoms. The van der Waals surface area contributed by atoms with Crippen LogP contribution in [-0.4, -0.2) is 13.2 Å². The molecule has 100 valence electrons. The van der Waals surface area contributed by atoms with Crippen molar-refractivity contribution in [3.8, 4) is 5.75 Å². The van der Waals surface area contributed by atoms with Gasteiger partial charge in [0.15, 0.2) is 0 Å². The number of unbranched alkanes of at least 4 members (excludes halogenated alkanes) is 1. The van der Waals surface area contributed by atoms with E-state index in [1.54, 1.807) is 12.1 Å². The maximum atomic E-state index is 5.90. The molecule has 1 N–H and O–H groups in total. The van der Waals surface area contributed by atoms with Crippen molar-refractivity contribution in [2.24, 2.45) is 0 Å². The zero-order chi connectivity index (χ0) is 13.4. The number of allylic oxidation sites excluding steroid dienone is 2. The third-order valence-electron chi connectivity index (χ3n) is 2.57. The van der Waals surface area contributed by atoms with Gasteiger partial charge in [-0.25, -0.2) is 0 Å². The second kappa shape index (κ2) is 8.28. The lowest BCUT2D eigenvalue weighted by atomic mass is 10.3. The Bertz CT molecular complexity index is 405. The highest BCUT2D eigenvalue weighted by molar-refractivity contribution is 6.42. The van der Waals surface area contributed by atoms with Crippen LogP contribution in [0.2, 0.25) is 10.0 Å². The lowest BCUT2D eigenvalue weighted by Gasteiger charge is -2.08. The molecule has 0 saturated carbocycles. The van der Waals surface area contributed by atoms with Crippen molar-refractivity contribution in [1.82, 2.24) is 5.32 Å². The second-order valence-corrected chi connectivity index (χ2v) is 4.84. The van der Waals surface area contributed by atoms with Crippen molar-refractivity contribution in [1.29, 1.82) is 0 Å². The summed E-state index contributed by atoms with van der Waals surface area (Å²) in [4.78, 5) is 0. The van der Waals surface area contributed by atoms with Crippen LogP contribution < -0.4 is 10.1 Å². The van der Waals surface area contributed by atoms with Gasteiger partial charge in [0, 0.05) is 18.3 Å². The first kappa shape index (κ1) is 15.2. The van der Waals surface area contributed by atoms with Gasteiger partial charge in [0.25, 0.3) is 0 Å². The van der Waals surface area contributed by atoms with Gasteiger partial charge in [0.1, 0.15) is 5.75 Å². The number of halogens is 2. The van der Waals surface area contributed by atoms with Gasteiger partial charge in [-0.1, -0.05) is 29.3 Å². The van der Waals surface area contributed by atoms with Crippen LogP contribution in [0.5, 0.6) is 5.75 Å². The van der Waals surface area contributed by atoms with E-state index in [2.05, 4.69) is 18.3 Å². The highest BCUT2D eigenvalue weighted by atomic mass is 35.5. The molecule has 0 fully saturated rings. The summed E-state index contributed by atoms with van der Waals surface area (Å²) in [5.41, 5.74) is 1.21. The molecule has 18 heavy (non-hydrogen) atoms. The summed E-state index contributed by atoms with van der Waals surface area (Å²) >= 11 is 11.7. The average Bonchev–Trinajstić information content (AvgIpc) is 2.37. The maximum Gasteiger partial charge on any atom is 0.120 e. The van der Waals surface area contributed by atoms with Crippen LogP contribution >= 0.6 is 23.2 Å². The molecular formula is C14H19Cl2NO. The molecule has 1 aromatic rings. The van der Waals surface area contributed by atoms with Crippen LogP contribution in [0.4, 0.5) is 0 Å². The molecule has 0 radical (unpaired) electrons. The highest BCUT2D eigenvalue weighted by Gasteiger charge is 2.00. The van der Waals surface area contributed by atoms with E-state index in [9.17, 15) is 0 Å². The summed E-state index contributed by atoms with van der Waals surface area (Å²) in [7, 11) is 0. The lowest BCUT2D eigenvalue weighted by Crippen LogP contribution is -2.13. The molecule has 0 spiro atoms. The van der Waals surface area contributed by atoms with E-state index < -0.39 is 0 Å². The van der Waals surface area contributed by atoms with E-state index >= 15 is 0 Å². The zero-order valence-corrected chi connectivity index (χ0v) is 12.3. The van der Waals surface area contributed by atoms with E-state index in [0.29, 0.717) is 16.7 Å². The number of hydrogen-bond acceptors (Lipinski definition) is 2. The maximum absolute atomic E-state index is 5.90. The predicted molar refractivity (Wildman–Crippen MR) is 78.6 cm³/mol. The molecule has 0 aliphatic rings. The van der Waals surface area contributed by atoms with Crippen LogP contribution in [0.1, 0.15) is 26.7 Å². The fourth-order valence-corrected chi connectivity index (χ4v) is 1.66. The predicted octanol–water partition coefficient (Wildman–Crippen LogP) is 4.67. The minimum Gasteiger partial charge on any atom is -0.494 e. The van der Waals surface area contributed by atoms with E-state index in [4.69, 9.17) is 27.9 Å². The first-order valence-corrected chi connectivity index (χ1v) is 6.83. The molecule has 0 atom stereocenters. The Morgan fingerprint density at radius 3 is 2.72 bits per heavy atom. The fourth-order valence-electron chi connectivity index (χ4n) is 1.37. The Balaban J connectivity index is 2.16. The van der Waals surface area contributed by atoms with E-state index in [1.165, 1.54) is 5.70 Å². The number of nitrogens with one attached hydrogen (secondary N) is 1. The third-order valence-corrected chi connectivity index (χ3v) is 3.31. The van der Waals surface area contributed by atoms with E-state index in [1.807, 2.05) is 13.0 Å². The van der Waals surface area contributed by atoms with E-state index in [-0.39, 0.29) is 0 Å². The summed E-state index contributed by atoms with van der Waals surface area (Å²) in [5.74, 6) is 0.766. The Morgan fingerprint density at radius 1 is 1.28 bits per heavy atom. The molecule has 0 aliphatic carbocycles. The minimum atomic E-state index is 0.527. The number of hydrogen-bond donors (Lipinski definition) is 1. The Hall–Kier alpha value is -0.860. The Morgan fingerprint density at radius 2 is 2.06 bits per heavy atom. The molecular weight excluding hydrogens is 269 g/mol. The molecule has 0 saturated heterocycles. The molecule has 1 rings (SSSR count). The van der Waals surface area contributed by atoms with Crippen LogP contribution in [0.3, 0.4) is 0 Å². The molecule has 1 aromatic carbocycles. The van der Waals surface area contributed by atoms with Crippen LogP contribution in [0.25, 0.3) is 0 Å². The lowest BCUT2D eigenvalue weighted by molar-refractivity contribution is 0.306. The van der Waals surface area contributed by atoms with Gasteiger partial charge in [-0.3, -0.25) is 0 Å². The standard InChI is InChI=1S/C14H19Cl2NO/c1-3-11(2)17-8-4-5-9-18-12-6-7-13(15)14(16)10-12/h3,6-7,10,17H,4-5,8-9H2,1-2H3/b11-3+. The van der Waals surface area contributed by atoms with E-state index in [0.717, 1.165) is 25.1 Å². The van der Waals surface area contributed by atoms with Crippen molar-refractivity contribution in [3.05, 3.63) is 40.0 Å². The quantitative estimate of drug-likeness (QED) is 0.736. The van der Waals surface area contributed by atoms with Crippen LogP contribution in [0.15, 0.2) is 30.0 Å². The largest absolute Gasteiger partial charge is 0.494 e. The molecule has 0 aromatic heterocycles. The van der Waals surface area contributed by atoms with Crippen LogP contribution in [-0.2, 0) is 0 Å². The number of benzene rings is 1. The average molecular weight is 288 g/mol. The van der Waals surface area contributed by atoms with Crippen molar-refractivity contribution < 1.29 is 4.74 Å². The minimum absolute atomic E-state index is 0.527.